The summed E-state index contributed by atoms with van der Waals surface area (Å²) >= 11 is 5.83. The largest absolute Gasteiger partial charge is 0.354 e. The molecule has 0 aromatic carbocycles. The van der Waals surface area contributed by atoms with Gasteiger partial charge in [-0.05, 0) is 19.1 Å². The lowest BCUT2D eigenvalue weighted by Crippen LogP contribution is -2.51. The number of hydrogen-bond donors (Lipinski definition) is 1. The van der Waals surface area contributed by atoms with Gasteiger partial charge in [0.2, 0.25) is 0 Å². The highest BCUT2D eigenvalue weighted by Crippen LogP contribution is 2.16. The number of halogens is 1. The van der Waals surface area contributed by atoms with E-state index in [1.165, 1.54) is 0 Å². The maximum Gasteiger partial charge on any atom is 0.128 e. The van der Waals surface area contributed by atoms with Crippen LogP contribution in [0.25, 0.3) is 0 Å². The molecule has 2 heterocycles. The zero-order valence-corrected chi connectivity index (χ0v) is 10.9. The van der Waals surface area contributed by atoms with Gasteiger partial charge in [-0.1, -0.05) is 11.6 Å². The molecule has 0 radical (unpaired) electrons. The van der Waals surface area contributed by atoms with Gasteiger partial charge in [0, 0.05) is 45.0 Å². The fourth-order valence-corrected chi connectivity index (χ4v) is 2.21. The summed E-state index contributed by atoms with van der Waals surface area (Å²) in [4.78, 5) is 9.05. The highest BCUT2D eigenvalue weighted by Gasteiger charge is 2.20. The number of anilines is 1. The van der Waals surface area contributed by atoms with Crippen molar-refractivity contribution in [2.75, 3.05) is 37.6 Å². The van der Waals surface area contributed by atoms with Gasteiger partial charge in [-0.2, -0.15) is 0 Å². The lowest BCUT2D eigenvalue weighted by atomic mass is 10.2. The fraction of sp³-hybridized carbons (Fsp3) is 0.583. The Morgan fingerprint density at radius 2 is 2.06 bits per heavy atom. The van der Waals surface area contributed by atoms with Gasteiger partial charge >= 0.3 is 0 Å². The number of piperazine rings is 1. The normalized spacial score (nSPS) is 19.4. The van der Waals surface area contributed by atoms with E-state index < -0.39 is 0 Å². The van der Waals surface area contributed by atoms with Crippen LogP contribution in [0.2, 0.25) is 5.02 Å². The Hall–Kier alpha value is -0.840. The van der Waals surface area contributed by atoms with Crippen LogP contribution in [0.1, 0.15) is 6.92 Å². The van der Waals surface area contributed by atoms with Crippen LogP contribution in [0.15, 0.2) is 18.3 Å². The minimum atomic E-state index is 0.468. The fourth-order valence-electron chi connectivity index (χ4n) is 2.10. The van der Waals surface area contributed by atoms with Crippen LogP contribution in [0.5, 0.6) is 0 Å². The van der Waals surface area contributed by atoms with Crippen molar-refractivity contribution >= 4 is 17.4 Å². The lowest BCUT2D eigenvalue weighted by Gasteiger charge is -2.38. The van der Waals surface area contributed by atoms with Gasteiger partial charge in [-0.15, -0.1) is 0 Å². The van der Waals surface area contributed by atoms with Crippen molar-refractivity contribution in [2.45, 2.75) is 13.0 Å². The maximum atomic E-state index is 5.83. The molecule has 0 spiro atoms. The first-order valence-electron chi connectivity index (χ1n) is 6.01. The molecule has 17 heavy (non-hydrogen) atoms. The van der Waals surface area contributed by atoms with Gasteiger partial charge in [-0.3, -0.25) is 4.90 Å². The number of pyridine rings is 1. The molecule has 1 saturated heterocycles. The molecule has 1 aliphatic heterocycles. The molecule has 1 fully saturated rings. The number of nitrogens with two attached hydrogens (primary N) is 1. The standard InChI is InChI=1S/C12H19ClN4/c1-10(8-14)16-4-6-17(7-5-16)12-3-2-11(13)9-15-12/h2-3,9-10H,4-8,14H2,1H3. The molecule has 1 aromatic heterocycles. The van der Waals surface area contributed by atoms with Crippen LogP contribution in [-0.2, 0) is 0 Å². The van der Waals surface area contributed by atoms with Gasteiger partial charge in [0.1, 0.15) is 5.82 Å². The van der Waals surface area contributed by atoms with E-state index in [1.807, 2.05) is 12.1 Å². The minimum absolute atomic E-state index is 0.468. The van der Waals surface area contributed by atoms with Crippen LogP contribution >= 0.6 is 11.6 Å². The number of aromatic nitrogens is 1. The van der Waals surface area contributed by atoms with Crippen molar-refractivity contribution in [3.05, 3.63) is 23.4 Å². The summed E-state index contributed by atoms with van der Waals surface area (Å²) in [5, 5.41) is 0.684. The highest BCUT2D eigenvalue weighted by molar-refractivity contribution is 6.30. The second kappa shape index (κ2) is 5.67. The second-order valence-electron chi connectivity index (χ2n) is 4.44. The van der Waals surface area contributed by atoms with Crippen LogP contribution in [0, 0.1) is 0 Å². The average molecular weight is 255 g/mol. The topological polar surface area (TPSA) is 45.4 Å². The minimum Gasteiger partial charge on any atom is -0.354 e. The first-order valence-corrected chi connectivity index (χ1v) is 6.39. The maximum absolute atomic E-state index is 5.83. The van der Waals surface area contributed by atoms with E-state index in [1.54, 1.807) is 6.20 Å². The van der Waals surface area contributed by atoms with Crippen LogP contribution in [0.3, 0.4) is 0 Å². The van der Waals surface area contributed by atoms with E-state index in [-0.39, 0.29) is 0 Å². The SMILES string of the molecule is CC(CN)N1CCN(c2ccc(Cl)cn2)CC1. The van der Waals surface area contributed by atoms with E-state index in [0.717, 1.165) is 38.5 Å². The summed E-state index contributed by atoms with van der Waals surface area (Å²) in [5.41, 5.74) is 5.68. The molecule has 1 unspecified atom stereocenters. The third kappa shape index (κ3) is 3.09. The predicted octanol–water partition coefficient (Wildman–Crippen LogP) is 1.20. The third-order valence-electron chi connectivity index (χ3n) is 3.31. The highest BCUT2D eigenvalue weighted by atomic mass is 35.5. The summed E-state index contributed by atoms with van der Waals surface area (Å²) in [6, 6.07) is 4.33. The Morgan fingerprint density at radius 1 is 1.35 bits per heavy atom. The quantitative estimate of drug-likeness (QED) is 0.881. The van der Waals surface area contributed by atoms with Crippen molar-refractivity contribution in [2.24, 2.45) is 5.73 Å². The molecular formula is C12H19ClN4. The number of nitrogens with zero attached hydrogens (tertiary/aromatic N) is 3. The van der Waals surface area contributed by atoms with Gasteiger partial charge in [0.15, 0.2) is 0 Å². The van der Waals surface area contributed by atoms with Gasteiger partial charge in [-0.25, -0.2) is 4.98 Å². The summed E-state index contributed by atoms with van der Waals surface area (Å²) in [6.07, 6.45) is 1.70. The van der Waals surface area contributed by atoms with Crippen molar-refractivity contribution in [1.82, 2.24) is 9.88 Å². The molecule has 0 saturated carbocycles. The predicted molar refractivity (Wildman–Crippen MR) is 71.5 cm³/mol. The zero-order valence-electron chi connectivity index (χ0n) is 10.1. The molecule has 2 rings (SSSR count). The Bertz CT molecular complexity index is 346. The van der Waals surface area contributed by atoms with E-state index in [0.29, 0.717) is 11.1 Å². The van der Waals surface area contributed by atoms with Gasteiger partial charge < -0.3 is 10.6 Å². The smallest absolute Gasteiger partial charge is 0.128 e. The van der Waals surface area contributed by atoms with Crippen LogP contribution in [-0.4, -0.2) is 48.6 Å². The molecule has 0 aliphatic carbocycles. The monoisotopic (exact) mass is 254 g/mol. The van der Waals surface area contributed by atoms with Crippen LogP contribution in [0.4, 0.5) is 5.82 Å². The van der Waals surface area contributed by atoms with E-state index >= 15 is 0 Å². The summed E-state index contributed by atoms with van der Waals surface area (Å²) < 4.78 is 0. The van der Waals surface area contributed by atoms with E-state index in [2.05, 4.69) is 21.7 Å². The first kappa shape index (κ1) is 12.6. The summed E-state index contributed by atoms with van der Waals surface area (Å²) in [7, 11) is 0. The molecule has 4 nitrogen and oxygen atoms in total. The summed E-state index contributed by atoms with van der Waals surface area (Å²) in [5.74, 6) is 1.01. The molecule has 94 valence electrons. The average Bonchev–Trinajstić information content (AvgIpc) is 2.39. The molecular weight excluding hydrogens is 236 g/mol. The Kier molecular flexibility index (Phi) is 4.20. The molecule has 1 atom stereocenters. The number of hydrogen-bond acceptors (Lipinski definition) is 4. The summed E-state index contributed by atoms with van der Waals surface area (Å²) in [6.45, 7) is 6.98. The van der Waals surface area contributed by atoms with E-state index in [9.17, 15) is 0 Å². The van der Waals surface area contributed by atoms with Gasteiger partial charge in [0.05, 0.1) is 5.02 Å². The van der Waals surface area contributed by atoms with Crippen LogP contribution < -0.4 is 10.6 Å². The zero-order chi connectivity index (χ0) is 12.3. The van der Waals surface area contributed by atoms with E-state index in [4.69, 9.17) is 17.3 Å². The molecule has 1 aromatic rings. The molecule has 0 bridgehead atoms. The van der Waals surface area contributed by atoms with Crippen molar-refractivity contribution in [3.63, 3.8) is 0 Å². The Morgan fingerprint density at radius 3 is 2.59 bits per heavy atom. The molecule has 0 amide bonds. The lowest BCUT2D eigenvalue weighted by molar-refractivity contribution is 0.201. The molecule has 1 aliphatic rings. The second-order valence-corrected chi connectivity index (χ2v) is 4.88. The van der Waals surface area contributed by atoms with Gasteiger partial charge in [0.25, 0.3) is 0 Å². The Balaban J connectivity index is 1.93. The van der Waals surface area contributed by atoms with Crippen molar-refractivity contribution < 1.29 is 0 Å². The molecule has 2 N–H and O–H groups in total. The Labute approximate surface area is 107 Å². The first-order chi connectivity index (χ1) is 8.20. The number of rotatable bonds is 3. The van der Waals surface area contributed by atoms with Crippen molar-refractivity contribution in [3.8, 4) is 0 Å². The molecule has 5 heteroatoms. The third-order valence-corrected chi connectivity index (χ3v) is 3.54. The van der Waals surface area contributed by atoms with Crippen molar-refractivity contribution in [1.29, 1.82) is 0 Å².